The van der Waals surface area contributed by atoms with Gasteiger partial charge in [0.05, 0.1) is 17.5 Å². The maximum atomic E-state index is 14.2. The molecule has 2 aliphatic rings. The molecule has 0 aromatic heterocycles. The lowest BCUT2D eigenvalue weighted by Gasteiger charge is -2.36. The Morgan fingerprint density at radius 3 is 2.29 bits per heavy atom. The van der Waals surface area contributed by atoms with E-state index in [4.69, 9.17) is 5.11 Å². The zero-order chi connectivity index (χ0) is 17.4. The summed E-state index contributed by atoms with van der Waals surface area (Å²) in [4.78, 5) is 37.9. The SMILES string of the molecule is CC(=O)c1ccc(N2CCN(C(=O)C3CC3C(=O)O)CC2)c(F)c1. The Morgan fingerprint density at radius 2 is 1.79 bits per heavy atom. The summed E-state index contributed by atoms with van der Waals surface area (Å²) in [5, 5.41) is 8.91. The predicted molar refractivity (Wildman–Crippen MR) is 84.4 cm³/mol. The lowest BCUT2D eigenvalue weighted by atomic mass is 10.1. The van der Waals surface area contributed by atoms with Gasteiger partial charge < -0.3 is 14.9 Å². The quantitative estimate of drug-likeness (QED) is 0.842. The number of carboxylic acids is 1. The van der Waals surface area contributed by atoms with Gasteiger partial charge in [0, 0.05) is 31.7 Å². The van der Waals surface area contributed by atoms with Crippen LogP contribution in [0.25, 0.3) is 0 Å². The van der Waals surface area contributed by atoms with Crippen molar-refractivity contribution in [1.29, 1.82) is 0 Å². The minimum absolute atomic E-state index is 0.116. The zero-order valence-corrected chi connectivity index (χ0v) is 13.4. The topological polar surface area (TPSA) is 77.9 Å². The van der Waals surface area contributed by atoms with E-state index < -0.39 is 23.6 Å². The van der Waals surface area contributed by atoms with E-state index in [9.17, 15) is 18.8 Å². The highest BCUT2D eigenvalue weighted by Gasteiger charge is 2.50. The minimum Gasteiger partial charge on any atom is -0.481 e. The second-order valence-electron chi connectivity index (χ2n) is 6.32. The number of carbonyl (C=O) groups excluding carboxylic acids is 2. The van der Waals surface area contributed by atoms with E-state index in [1.54, 1.807) is 17.0 Å². The molecule has 1 saturated heterocycles. The molecule has 128 valence electrons. The maximum absolute atomic E-state index is 14.2. The fourth-order valence-corrected chi connectivity index (χ4v) is 3.13. The second kappa shape index (κ2) is 6.22. The predicted octanol–water partition coefficient (Wildman–Crippen LogP) is 1.40. The number of halogens is 1. The van der Waals surface area contributed by atoms with Crippen molar-refractivity contribution in [3.8, 4) is 0 Å². The first-order valence-corrected chi connectivity index (χ1v) is 7.95. The van der Waals surface area contributed by atoms with Gasteiger partial charge in [0.1, 0.15) is 5.82 Å². The van der Waals surface area contributed by atoms with Crippen LogP contribution in [0.1, 0.15) is 23.7 Å². The minimum atomic E-state index is -0.917. The van der Waals surface area contributed by atoms with Crippen molar-refractivity contribution in [2.75, 3.05) is 31.1 Å². The van der Waals surface area contributed by atoms with Gasteiger partial charge in [-0.1, -0.05) is 0 Å². The molecule has 7 heteroatoms. The Bertz CT molecular complexity index is 698. The number of aliphatic carboxylic acids is 1. The molecule has 2 atom stereocenters. The molecule has 6 nitrogen and oxygen atoms in total. The Balaban J connectivity index is 1.60. The third kappa shape index (κ3) is 3.11. The van der Waals surface area contributed by atoms with Crippen LogP contribution in [0.4, 0.5) is 10.1 Å². The monoisotopic (exact) mass is 334 g/mol. The van der Waals surface area contributed by atoms with Crippen LogP contribution in [0.5, 0.6) is 0 Å². The number of carbonyl (C=O) groups is 3. The molecular weight excluding hydrogens is 315 g/mol. The molecule has 0 spiro atoms. The Morgan fingerprint density at radius 1 is 1.12 bits per heavy atom. The summed E-state index contributed by atoms with van der Waals surface area (Å²) in [7, 11) is 0. The van der Waals surface area contributed by atoms with Crippen LogP contribution < -0.4 is 4.90 Å². The third-order valence-corrected chi connectivity index (χ3v) is 4.71. The number of amides is 1. The van der Waals surface area contributed by atoms with E-state index in [-0.39, 0.29) is 11.7 Å². The molecule has 2 unspecified atom stereocenters. The Kier molecular flexibility index (Phi) is 4.26. The van der Waals surface area contributed by atoms with E-state index in [1.807, 2.05) is 4.90 Å². The van der Waals surface area contributed by atoms with Crippen LogP contribution in [-0.2, 0) is 9.59 Å². The number of hydrogen-bond donors (Lipinski definition) is 1. The summed E-state index contributed by atoms with van der Waals surface area (Å²) in [5.74, 6) is -2.62. The summed E-state index contributed by atoms with van der Waals surface area (Å²) >= 11 is 0. The lowest BCUT2D eigenvalue weighted by Crippen LogP contribution is -2.49. The van der Waals surface area contributed by atoms with Crippen LogP contribution in [0.2, 0.25) is 0 Å². The van der Waals surface area contributed by atoms with Gasteiger partial charge in [0.25, 0.3) is 0 Å². The molecule has 1 N–H and O–H groups in total. The summed E-state index contributed by atoms with van der Waals surface area (Å²) in [5.41, 5.74) is 0.750. The highest BCUT2D eigenvalue weighted by molar-refractivity contribution is 5.94. The summed E-state index contributed by atoms with van der Waals surface area (Å²) in [6.07, 6.45) is 0.412. The fraction of sp³-hybridized carbons (Fsp3) is 0.471. The molecule has 1 aromatic rings. The molecule has 1 aliphatic heterocycles. The van der Waals surface area contributed by atoms with Gasteiger partial charge in [0.2, 0.25) is 5.91 Å². The number of carboxylic acid groups (broad SMARTS) is 1. The van der Waals surface area contributed by atoms with Gasteiger partial charge in [-0.25, -0.2) is 4.39 Å². The third-order valence-electron chi connectivity index (χ3n) is 4.71. The van der Waals surface area contributed by atoms with E-state index in [0.29, 0.717) is 43.9 Å². The molecular formula is C17H19FN2O4. The molecule has 1 amide bonds. The molecule has 3 rings (SSSR count). The highest BCUT2D eigenvalue weighted by atomic mass is 19.1. The molecule has 1 saturated carbocycles. The van der Waals surface area contributed by atoms with Crippen LogP contribution in [0.15, 0.2) is 18.2 Å². The van der Waals surface area contributed by atoms with E-state index >= 15 is 0 Å². The smallest absolute Gasteiger partial charge is 0.307 e. The average Bonchev–Trinajstić information content (AvgIpc) is 3.35. The number of hydrogen-bond acceptors (Lipinski definition) is 4. The van der Waals surface area contributed by atoms with Crippen LogP contribution in [0.3, 0.4) is 0 Å². The van der Waals surface area contributed by atoms with Gasteiger partial charge in [-0.2, -0.15) is 0 Å². The van der Waals surface area contributed by atoms with Crippen molar-refractivity contribution in [2.45, 2.75) is 13.3 Å². The van der Waals surface area contributed by atoms with Crippen molar-refractivity contribution in [3.63, 3.8) is 0 Å². The van der Waals surface area contributed by atoms with E-state index in [1.165, 1.54) is 13.0 Å². The molecule has 1 aliphatic carbocycles. The molecule has 1 heterocycles. The number of rotatable bonds is 4. The molecule has 2 fully saturated rings. The van der Waals surface area contributed by atoms with Crippen molar-refractivity contribution in [2.24, 2.45) is 11.8 Å². The number of ketones is 1. The Hall–Kier alpha value is -2.44. The first-order chi connectivity index (χ1) is 11.4. The number of anilines is 1. The van der Waals surface area contributed by atoms with Crippen molar-refractivity contribution < 1.29 is 23.9 Å². The summed E-state index contributed by atoms with van der Waals surface area (Å²) in [6, 6.07) is 4.42. The van der Waals surface area contributed by atoms with Gasteiger partial charge >= 0.3 is 5.97 Å². The standard InChI is InChI=1S/C17H19FN2O4/c1-10(21)11-2-3-15(14(18)8-11)19-4-6-20(7-5-19)16(22)12-9-13(12)17(23)24/h2-3,8,12-13H,4-7,9H2,1H3,(H,23,24). The number of benzene rings is 1. The Labute approximate surface area is 138 Å². The molecule has 24 heavy (non-hydrogen) atoms. The number of piperazine rings is 1. The fourth-order valence-electron chi connectivity index (χ4n) is 3.13. The van der Waals surface area contributed by atoms with Crippen molar-refractivity contribution >= 4 is 23.3 Å². The molecule has 1 aromatic carbocycles. The van der Waals surface area contributed by atoms with Gasteiger partial charge in [0.15, 0.2) is 5.78 Å². The normalized spacial score (nSPS) is 23.1. The highest BCUT2D eigenvalue weighted by Crippen LogP contribution is 2.40. The molecule has 0 bridgehead atoms. The average molecular weight is 334 g/mol. The van der Waals surface area contributed by atoms with Crippen molar-refractivity contribution in [3.05, 3.63) is 29.6 Å². The van der Waals surface area contributed by atoms with Crippen LogP contribution in [-0.4, -0.2) is 53.8 Å². The van der Waals surface area contributed by atoms with E-state index in [2.05, 4.69) is 0 Å². The lowest BCUT2D eigenvalue weighted by molar-refractivity contribution is -0.142. The first-order valence-electron chi connectivity index (χ1n) is 7.95. The second-order valence-corrected chi connectivity index (χ2v) is 6.32. The zero-order valence-electron chi connectivity index (χ0n) is 13.4. The summed E-state index contributed by atoms with van der Waals surface area (Å²) < 4.78 is 14.2. The van der Waals surface area contributed by atoms with Gasteiger partial charge in [-0.3, -0.25) is 14.4 Å². The van der Waals surface area contributed by atoms with Crippen LogP contribution in [0, 0.1) is 17.7 Å². The van der Waals surface area contributed by atoms with Gasteiger partial charge in [-0.15, -0.1) is 0 Å². The number of nitrogens with zero attached hydrogens (tertiary/aromatic N) is 2. The summed E-state index contributed by atoms with van der Waals surface area (Å²) in [6.45, 7) is 3.23. The maximum Gasteiger partial charge on any atom is 0.307 e. The number of Topliss-reactive ketones (excluding diaryl/α,β-unsaturated/α-hetero) is 1. The van der Waals surface area contributed by atoms with Crippen LogP contribution >= 0.6 is 0 Å². The van der Waals surface area contributed by atoms with E-state index in [0.717, 1.165) is 0 Å². The van der Waals surface area contributed by atoms with Gasteiger partial charge in [-0.05, 0) is 31.5 Å². The molecule has 0 radical (unpaired) electrons. The largest absolute Gasteiger partial charge is 0.481 e. The first kappa shape index (κ1) is 16.4. The van der Waals surface area contributed by atoms with Crippen molar-refractivity contribution in [1.82, 2.24) is 4.90 Å².